The molecule has 2 aromatic carbocycles. The highest BCUT2D eigenvalue weighted by Crippen LogP contribution is 2.38. The monoisotopic (exact) mass is 483 g/mol. The van der Waals surface area contributed by atoms with Gasteiger partial charge in [-0.3, -0.25) is 0 Å². The molecule has 0 saturated carbocycles. The largest absolute Gasteiger partial charge is 0.496 e. The zero-order chi connectivity index (χ0) is 23.1. The van der Waals surface area contributed by atoms with Crippen LogP contribution in [0, 0.1) is 5.13 Å². The summed E-state index contributed by atoms with van der Waals surface area (Å²) >= 11 is 0.646. The number of hydrogen-bond acceptors (Lipinski definition) is 7. The molecule has 0 spiro atoms. The maximum absolute atomic E-state index is 13.1. The second-order valence-corrected chi connectivity index (χ2v) is 9.73. The average molecular weight is 483 g/mol. The lowest BCUT2D eigenvalue weighted by atomic mass is 10.0. The molecular weight excluding hydrogens is 470 g/mol. The predicted octanol–water partition coefficient (Wildman–Crippen LogP) is 4.89. The van der Waals surface area contributed by atoms with E-state index in [0.717, 1.165) is 18.3 Å². The van der Waals surface area contributed by atoms with E-state index in [9.17, 15) is 26.0 Å². The van der Waals surface area contributed by atoms with Crippen molar-refractivity contribution in [1.82, 2.24) is 15.2 Å². The fraction of sp³-hybridized carbons (Fsp3) is 0.150. The third-order valence-electron chi connectivity index (χ3n) is 4.61. The number of aromatic nitrogens is 3. The fourth-order valence-corrected chi connectivity index (χ4v) is 5.41. The Morgan fingerprint density at radius 1 is 1.09 bits per heavy atom. The van der Waals surface area contributed by atoms with Crippen LogP contribution in [-0.4, -0.2) is 30.7 Å². The summed E-state index contributed by atoms with van der Waals surface area (Å²) < 4.78 is 82.8. The first-order chi connectivity index (χ1) is 15.1. The van der Waals surface area contributed by atoms with Crippen LogP contribution in [0.15, 0.2) is 53.7 Å². The van der Waals surface area contributed by atoms with E-state index in [-0.39, 0.29) is 26.9 Å². The quantitative estimate of drug-likeness (QED) is 0.376. The number of nitrogens with zero attached hydrogens (tertiary/aromatic N) is 3. The number of thiazole rings is 1. The number of sulfone groups is 1. The zero-order valence-electron chi connectivity index (χ0n) is 16.2. The maximum atomic E-state index is 13.1. The average Bonchev–Trinajstić information content (AvgIpc) is 3.15. The maximum Gasteiger partial charge on any atom is 0.416 e. The molecule has 32 heavy (non-hydrogen) atoms. The van der Waals surface area contributed by atoms with E-state index >= 15 is 0 Å². The van der Waals surface area contributed by atoms with Gasteiger partial charge in [-0.15, -0.1) is 5.10 Å². The molecule has 0 aliphatic rings. The Morgan fingerprint density at radius 2 is 1.88 bits per heavy atom. The second kappa shape index (κ2) is 8.10. The fourth-order valence-electron chi connectivity index (χ4n) is 3.12. The van der Waals surface area contributed by atoms with Crippen molar-refractivity contribution >= 4 is 31.9 Å². The van der Waals surface area contributed by atoms with Crippen molar-refractivity contribution in [2.75, 3.05) is 7.11 Å². The lowest BCUT2D eigenvalue weighted by Gasteiger charge is -2.13. The van der Waals surface area contributed by atoms with Gasteiger partial charge >= 0.3 is 6.18 Å². The lowest BCUT2D eigenvalue weighted by Crippen LogP contribution is -2.06. The van der Waals surface area contributed by atoms with Crippen molar-refractivity contribution in [2.45, 2.75) is 16.8 Å². The molecule has 0 atom stereocenters. The standard InChI is InChI=1S/C20H13F4N3O3S2/c1-30-16-7-12(20(22,23)24)2-4-15(16)19-14-5-3-13(6-11(14)8-26-27-19)32(28,29)10-18-25-9-17(21)31-18/h2-9H,10H2,1H3. The Hall–Kier alpha value is -3.12. The number of methoxy groups -OCH3 is 1. The minimum Gasteiger partial charge on any atom is -0.496 e. The number of ether oxygens (including phenoxy) is 1. The molecule has 0 unspecified atom stereocenters. The first kappa shape index (κ1) is 22.1. The SMILES string of the molecule is COc1cc(C(F)(F)F)ccc1-c1nncc2cc(S(=O)(=O)Cc3ncc(F)s3)ccc12. The van der Waals surface area contributed by atoms with Gasteiger partial charge in [0, 0.05) is 16.3 Å². The van der Waals surface area contributed by atoms with Crippen LogP contribution in [0.1, 0.15) is 10.6 Å². The van der Waals surface area contributed by atoms with Gasteiger partial charge in [0.1, 0.15) is 22.2 Å². The first-order valence-corrected chi connectivity index (χ1v) is 11.4. The van der Waals surface area contributed by atoms with Crippen LogP contribution in [0.5, 0.6) is 5.75 Å². The molecule has 0 aliphatic heterocycles. The molecule has 0 fully saturated rings. The number of fused-ring (bicyclic) bond motifs is 1. The van der Waals surface area contributed by atoms with Crippen molar-refractivity contribution < 1.29 is 30.7 Å². The predicted molar refractivity (Wildman–Crippen MR) is 109 cm³/mol. The van der Waals surface area contributed by atoms with Gasteiger partial charge in [-0.05, 0) is 30.3 Å². The van der Waals surface area contributed by atoms with E-state index in [1.165, 1.54) is 37.6 Å². The van der Waals surface area contributed by atoms with Crippen molar-refractivity contribution in [3.63, 3.8) is 0 Å². The van der Waals surface area contributed by atoms with Crippen molar-refractivity contribution in [1.29, 1.82) is 0 Å². The van der Waals surface area contributed by atoms with Gasteiger partial charge in [0.05, 0.1) is 30.0 Å². The number of alkyl halides is 3. The topological polar surface area (TPSA) is 82.0 Å². The molecule has 0 saturated heterocycles. The molecule has 4 rings (SSSR count). The summed E-state index contributed by atoms with van der Waals surface area (Å²) in [4.78, 5) is 3.71. The summed E-state index contributed by atoms with van der Waals surface area (Å²) in [6.07, 6.45) is -2.24. The molecule has 0 aliphatic carbocycles. The Bertz CT molecular complexity index is 1420. The van der Waals surface area contributed by atoms with Gasteiger partial charge in [0.2, 0.25) is 0 Å². The van der Waals surface area contributed by atoms with E-state index in [1.807, 2.05) is 0 Å². The molecule has 166 valence electrons. The molecular formula is C20H13F4N3O3S2. The van der Waals surface area contributed by atoms with Crippen molar-refractivity contribution in [2.24, 2.45) is 0 Å². The molecule has 12 heteroatoms. The molecule has 0 bridgehead atoms. The third-order valence-corrected chi connectivity index (χ3v) is 7.21. The molecule has 2 aromatic heterocycles. The van der Waals surface area contributed by atoms with E-state index in [2.05, 4.69) is 15.2 Å². The second-order valence-electron chi connectivity index (χ2n) is 6.67. The minimum atomic E-state index is -4.54. The highest BCUT2D eigenvalue weighted by atomic mass is 32.2. The van der Waals surface area contributed by atoms with E-state index < -0.39 is 32.5 Å². The Morgan fingerprint density at radius 3 is 2.53 bits per heavy atom. The molecule has 0 radical (unpaired) electrons. The minimum absolute atomic E-state index is 0.0288. The first-order valence-electron chi connectivity index (χ1n) is 8.92. The summed E-state index contributed by atoms with van der Waals surface area (Å²) in [5, 5.41) is 8.30. The van der Waals surface area contributed by atoms with Gasteiger partial charge in [-0.1, -0.05) is 17.4 Å². The normalized spacial score (nSPS) is 12.3. The summed E-state index contributed by atoms with van der Waals surface area (Å²) in [7, 11) is -2.58. The van der Waals surface area contributed by atoms with Gasteiger partial charge in [-0.2, -0.15) is 22.7 Å². The van der Waals surface area contributed by atoms with Crippen LogP contribution in [-0.2, 0) is 21.8 Å². The summed E-state index contributed by atoms with van der Waals surface area (Å²) in [5.41, 5.74) is -0.371. The van der Waals surface area contributed by atoms with E-state index in [1.54, 1.807) is 0 Å². The van der Waals surface area contributed by atoms with Crippen LogP contribution in [0.2, 0.25) is 0 Å². The molecule has 6 nitrogen and oxygen atoms in total. The number of halogens is 4. The van der Waals surface area contributed by atoms with Gasteiger partial charge < -0.3 is 4.74 Å². The third kappa shape index (κ3) is 4.28. The Kier molecular flexibility index (Phi) is 5.59. The van der Waals surface area contributed by atoms with Crippen LogP contribution >= 0.6 is 11.3 Å². The highest BCUT2D eigenvalue weighted by molar-refractivity contribution is 7.90. The number of hydrogen-bond donors (Lipinski definition) is 0. The van der Waals surface area contributed by atoms with Crippen LogP contribution < -0.4 is 4.74 Å². The number of benzene rings is 2. The summed E-state index contributed by atoms with van der Waals surface area (Å²) in [6.45, 7) is 0. The van der Waals surface area contributed by atoms with Crippen molar-refractivity contribution in [3.8, 4) is 17.0 Å². The Labute approximate surface area is 183 Å². The van der Waals surface area contributed by atoms with Gasteiger partial charge in [0.15, 0.2) is 15.0 Å². The van der Waals surface area contributed by atoms with Crippen LogP contribution in [0.25, 0.3) is 22.0 Å². The molecule has 2 heterocycles. The molecule has 4 aromatic rings. The smallest absolute Gasteiger partial charge is 0.416 e. The zero-order valence-corrected chi connectivity index (χ0v) is 17.9. The molecule has 0 N–H and O–H groups in total. The van der Waals surface area contributed by atoms with E-state index in [0.29, 0.717) is 22.1 Å². The van der Waals surface area contributed by atoms with Crippen LogP contribution in [0.3, 0.4) is 0 Å². The van der Waals surface area contributed by atoms with Gasteiger partial charge in [-0.25, -0.2) is 13.4 Å². The van der Waals surface area contributed by atoms with E-state index in [4.69, 9.17) is 4.74 Å². The lowest BCUT2D eigenvalue weighted by molar-refractivity contribution is -0.137. The van der Waals surface area contributed by atoms with Gasteiger partial charge in [0.25, 0.3) is 0 Å². The van der Waals surface area contributed by atoms with Crippen LogP contribution in [0.4, 0.5) is 17.6 Å². The highest BCUT2D eigenvalue weighted by Gasteiger charge is 2.31. The van der Waals surface area contributed by atoms with Crippen molar-refractivity contribution in [3.05, 3.63) is 64.5 Å². The molecule has 0 amide bonds. The summed E-state index contributed by atoms with van der Waals surface area (Å²) in [5.74, 6) is -0.519. The summed E-state index contributed by atoms with van der Waals surface area (Å²) in [6, 6.07) is 7.22. The number of rotatable bonds is 5. The Balaban J connectivity index is 1.78.